The maximum Gasteiger partial charge on any atom is 0.269 e. The van der Waals surface area contributed by atoms with E-state index in [9.17, 15) is 19.7 Å². The van der Waals surface area contributed by atoms with Crippen molar-refractivity contribution < 1.29 is 14.5 Å². The Hall–Kier alpha value is -5.12. The number of nitro groups is 1. The fourth-order valence-corrected chi connectivity index (χ4v) is 5.09. The molecule has 0 radical (unpaired) electrons. The number of hydrogen-bond acceptors (Lipinski definition) is 7. The molecule has 5 rings (SSSR count). The van der Waals surface area contributed by atoms with Gasteiger partial charge in [-0.15, -0.1) is 0 Å². The van der Waals surface area contributed by atoms with Crippen molar-refractivity contribution in [3.05, 3.63) is 106 Å². The minimum atomic E-state index is -0.450. The molecule has 1 aliphatic heterocycles. The second-order valence-electron chi connectivity index (χ2n) is 9.87. The summed E-state index contributed by atoms with van der Waals surface area (Å²) in [7, 11) is 0. The second-order valence-corrected chi connectivity index (χ2v) is 9.87. The number of aromatic nitrogens is 2. The molecule has 4 aromatic rings. The van der Waals surface area contributed by atoms with E-state index in [1.54, 1.807) is 35.6 Å². The summed E-state index contributed by atoms with van der Waals surface area (Å²) < 4.78 is 0. The summed E-state index contributed by atoms with van der Waals surface area (Å²) in [6, 6.07) is 15.7. The molecule has 1 unspecified atom stereocenters. The molecule has 0 bridgehead atoms. The van der Waals surface area contributed by atoms with Crippen LogP contribution < -0.4 is 16.0 Å². The quantitative estimate of drug-likeness (QED) is 0.235. The van der Waals surface area contributed by atoms with Crippen molar-refractivity contribution in [2.75, 3.05) is 16.8 Å². The van der Waals surface area contributed by atoms with E-state index in [1.807, 2.05) is 44.2 Å². The molecule has 2 amide bonds. The van der Waals surface area contributed by atoms with Crippen LogP contribution in [0.5, 0.6) is 0 Å². The van der Waals surface area contributed by atoms with Gasteiger partial charge < -0.3 is 16.0 Å². The Kier molecular flexibility index (Phi) is 7.24. The minimum Gasteiger partial charge on any atom is -0.366 e. The molecule has 1 fully saturated rings. The second kappa shape index (κ2) is 10.9. The number of carbonyl (C=O) groups excluding carboxylic acids is 2. The molecule has 1 atom stereocenters. The summed E-state index contributed by atoms with van der Waals surface area (Å²) in [4.78, 5) is 46.1. The van der Waals surface area contributed by atoms with E-state index in [0.717, 1.165) is 27.8 Å². The number of primary amides is 1. The fourth-order valence-electron chi connectivity index (χ4n) is 5.09. The Morgan fingerprint density at radius 2 is 1.93 bits per heavy atom. The van der Waals surface area contributed by atoms with E-state index in [1.165, 1.54) is 12.1 Å². The number of nitrogens with one attached hydrogen (secondary N) is 1. The zero-order valence-electron chi connectivity index (χ0n) is 22.1. The van der Waals surface area contributed by atoms with Crippen LogP contribution in [0.3, 0.4) is 0 Å². The number of pyridine rings is 2. The molecule has 202 valence electrons. The summed E-state index contributed by atoms with van der Waals surface area (Å²) in [6.45, 7) is 4.38. The lowest BCUT2D eigenvalue weighted by Gasteiger charge is -2.18. The van der Waals surface area contributed by atoms with Gasteiger partial charge in [-0.3, -0.25) is 24.7 Å². The van der Waals surface area contributed by atoms with E-state index >= 15 is 0 Å². The number of carbonyl (C=O) groups is 2. The fraction of sp³-hybridized carbons (Fsp3) is 0.200. The van der Waals surface area contributed by atoms with Crippen molar-refractivity contribution in [3.63, 3.8) is 0 Å². The first-order valence-corrected chi connectivity index (χ1v) is 12.8. The Labute approximate surface area is 231 Å². The molecule has 1 saturated heterocycles. The SMILES string of the molecule is Cc1c(C(N)=O)ccc(-c2ccc(Nc3cncc(N4CCC(Cc5cccc([N+](=O)[O-])c5)C4=O)c3)nc2)c1C. The van der Waals surface area contributed by atoms with Crippen LogP contribution in [0.25, 0.3) is 11.1 Å². The smallest absolute Gasteiger partial charge is 0.269 e. The maximum absolute atomic E-state index is 13.2. The molecule has 0 spiro atoms. The average molecular weight is 537 g/mol. The number of non-ortho nitro benzene ring substituents is 1. The van der Waals surface area contributed by atoms with Gasteiger partial charge in [0.2, 0.25) is 11.8 Å². The van der Waals surface area contributed by atoms with Crippen LogP contribution >= 0.6 is 0 Å². The number of nitrogens with two attached hydrogens (primary N) is 1. The summed E-state index contributed by atoms with van der Waals surface area (Å²) >= 11 is 0. The van der Waals surface area contributed by atoms with Crippen molar-refractivity contribution in [2.24, 2.45) is 11.7 Å². The average Bonchev–Trinajstić information content (AvgIpc) is 3.30. The molecular weight excluding hydrogens is 508 g/mol. The number of nitro benzene ring substituents is 1. The third-order valence-corrected chi connectivity index (χ3v) is 7.35. The standard InChI is InChI=1S/C30H28N6O4/c1-18-19(2)27(29(31)37)8-7-26(18)22-6-9-28(33-15-22)34-23-14-25(17-32-16-23)35-11-10-21(30(35)38)12-20-4-3-5-24(13-20)36(39)40/h3-9,13-17,21H,10-12H2,1-2H3,(H2,31,37)(H,33,34). The Bertz CT molecular complexity index is 1620. The summed E-state index contributed by atoms with van der Waals surface area (Å²) in [5, 5.41) is 14.3. The van der Waals surface area contributed by atoms with Gasteiger partial charge in [0.25, 0.3) is 5.69 Å². The Balaban J connectivity index is 1.27. The van der Waals surface area contributed by atoms with Gasteiger partial charge in [-0.1, -0.05) is 18.2 Å². The molecule has 10 heteroatoms. The summed E-state index contributed by atoms with van der Waals surface area (Å²) in [6.07, 6.45) is 6.17. The van der Waals surface area contributed by atoms with Crippen LogP contribution in [-0.4, -0.2) is 33.3 Å². The lowest BCUT2D eigenvalue weighted by molar-refractivity contribution is -0.384. The highest BCUT2D eigenvalue weighted by molar-refractivity contribution is 5.97. The minimum absolute atomic E-state index is 0.0238. The number of nitrogens with zero attached hydrogens (tertiary/aromatic N) is 4. The van der Waals surface area contributed by atoms with Crippen molar-refractivity contribution in [3.8, 4) is 11.1 Å². The van der Waals surface area contributed by atoms with Gasteiger partial charge in [0.05, 0.1) is 28.7 Å². The maximum atomic E-state index is 13.2. The normalized spacial score (nSPS) is 14.8. The van der Waals surface area contributed by atoms with E-state index < -0.39 is 10.8 Å². The van der Waals surface area contributed by atoms with Crippen LogP contribution in [0.1, 0.15) is 33.5 Å². The third kappa shape index (κ3) is 5.37. The van der Waals surface area contributed by atoms with Crippen molar-refractivity contribution in [2.45, 2.75) is 26.7 Å². The Morgan fingerprint density at radius 1 is 1.10 bits per heavy atom. The van der Waals surface area contributed by atoms with Crippen LogP contribution in [0.4, 0.5) is 22.9 Å². The van der Waals surface area contributed by atoms with Crippen LogP contribution in [-0.2, 0) is 11.2 Å². The lowest BCUT2D eigenvalue weighted by Crippen LogP contribution is -2.27. The van der Waals surface area contributed by atoms with Gasteiger partial charge in [-0.2, -0.15) is 0 Å². The highest BCUT2D eigenvalue weighted by atomic mass is 16.6. The van der Waals surface area contributed by atoms with E-state index in [-0.39, 0.29) is 17.5 Å². The first-order chi connectivity index (χ1) is 19.2. The summed E-state index contributed by atoms with van der Waals surface area (Å²) in [5.41, 5.74) is 11.8. The number of rotatable bonds is 8. The molecule has 0 aliphatic carbocycles. The predicted octanol–water partition coefficient (Wildman–Crippen LogP) is 5.11. The highest BCUT2D eigenvalue weighted by Gasteiger charge is 2.33. The van der Waals surface area contributed by atoms with E-state index in [0.29, 0.717) is 42.1 Å². The molecule has 2 aromatic carbocycles. The van der Waals surface area contributed by atoms with Crippen LogP contribution in [0.2, 0.25) is 0 Å². The first kappa shape index (κ1) is 26.5. The van der Waals surface area contributed by atoms with Gasteiger partial charge in [0, 0.05) is 41.9 Å². The molecule has 10 nitrogen and oxygen atoms in total. The molecule has 2 aromatic heterocycles. The molecule has 3 heterocycles. The topological polar surface area (TPSA) is 144 Å². The summed E-state index contributed by atoms with van der Waals surface area (Å²) in [5.74, 6) is -0.116. The number of amides is 2. The predicted molar refractivity (Wildman–Crippen MR) is 152 cm³/mol. The number of benzene rings is 2. The van der Waals surface area contributed by atoms with Gasteiger partial charge in [-0.05, 0) is 73.2 Å². The van der Waals surface area contributed by atoms with Gasteiger partial charge in [0.15, 0.2) is 0 Å². The monoisotopic (exact) mass is 536 g/mol. The molecular formula is C30H28N6O4. The Morgan fingerprint density at radius 3 is 2.65 bits per heavy atom. The van der Waals surface area contributed by atoms with Gasteiger partial charge in [0.1, 0.15) is 5.82 Å². The van der Waals surface area contributed by atoms with E-state index in [2.05, 4.69) is 15.3 Å². The van der Waals surface area contributed by atoms with E-state index in [4.69, 9.17) is 5.73 Å². The largest absolute Gasteiger partial charge is 0.366 e. The van der Waals surface area contributed by atoms with Crippen molar-refractivity contribution >= 4 is 34.7 Å². The lowest BCUT2D eigenvalue weighted by atomic mass is 9.94. The van der Waals surface area contributed by atoms with Gasteiger partial charge in [-0.25, -0.2) is 4.98 Å². The third-order valence-electron chi connectivity index (χ3n) is 7.35. The first-order valence-electron chi connectivity index (χ1n) is 12.8. The molecule has 40 heavy (non-hydrogen) atoms. The number of hydrogen-bond donors (Lipinski definition) is 2. The van der Waals surface area contributed by atoms with Crippen LogP contribution in [0, 0.1) is 29.9 Å². The number of anilines is 3. The van der Waals surface area contributed by atoms with Crippen molar-refractivity contribution in [1.82, 2.24) is 9.97 Å². The zero-order valence-corrected chi connectivity index (χ0v) is 22.1. The van der Waals surface area contributed by atoms with Crippen molar-refractivity contribution in [1.29, 1.82) is 0 Å². The zero-order chi connectivity index (χ0) is 28.4. The van der Waals surface area contributed by atoms with Crippen LogP contribution in [0.15, 0.2) is 73.2 Å². The molecule has 1 aliphatic rings. The molecule has 3 N–H and O–H groups in total. The molecule has 0 saturated carbocycles. The van der Waals surface area contributed by atoms with Gasteiger partial charge >= 0.3 is 0 Å². The highest BCUT2D eigenvalue weighted by Crippen LogP contribution is 2.31.